The topological polar surface area (TPSA) is 35.2 Å². The molecule has 0 aliphatic carbocycles. The summed E-state index contributed by atoms with van der Waals surface area (Å²) in [6, 6.07) is 3.93. The standard InChI is InChI=1S/C10H12FNO.ClH/c1-3-9(12)8-5-4-7(11)6-10(8)13-2;/h3-6,9H,1,12H2,2H3;1H/t9-;/m1./s1. The molecular weight excluding hydrogens is 205 g/mol. The van der Waals surface area contributed by atoms with Crippen LogP contribution in [-0.4, -0.2) is 7.11 Å². The predicted molar refractivity (Wildman–Crippen MR) is 57.3 cm³/mol. The second-order valence-corrected chi connectivity index (χ2v) is 2.65. The second kappa shape index (κ2) is 5.62. The molecule has 0 spiro atoms. The van der Waals surface area contributed by atoms with Crippen molar-refractivity contribution in [1.82, 2.24) is 0 Å². The Morgan fingerprint density at radius 1 is 1.57 bits per heavy atom. The summed E-state index contributed by atoms with van der Waals surface area (Å²) in [5.74, 6) is 0.115. The van der Waals surface area contributed by atoms with Gasteiger partial charge in [0, 0.05) is 11.6 Å². The molecule has 0 saturated carbocycles. The molecule has 0 aliphatic rings. The second-order valence-electron chi connectivity index (χ2n) is 2.65. The van der Waals surface area contributed by atoms with Crippen LogP contribution in [0.3, 0.4) is 0 Å². The van der Waals surface area contributed by atoms with E-state index in [9.17, 15) is 4.39 Å². The molecule has 0 heterocycles. The van der Waals surface area contributed by atoms with E-state index in [1.807, 2.05) is 0 Å². The molecule has 0 bridgehead atoms. The van der Waals surface area contributed by atoms with Crippen molar-refractivity contribution in [2.24, 2.45) is 5.73 Å². The lowest BCUT2D eigenvalue weighted by molar-refractivity contribution is 0.404. The first-order chi connectivity index (χ1) is 6.19. The van der Waals surface area contributed by atoms with Gasteiger partial charge in [0.25, 0.3) is 0 Å². The smallest absolute Gasteiger partial charge is 0.126 e. The van der Waals surface area contributed by atoms with Crippen LogP contribution in [0.25, 0.3) is 0 Å². The normalized spacial score (nSPS) is 11.4. The number of methoxy groups -OCH3 is 1. The van der Waals surface area contributed by atoms with E-state index < -0.39 is 0 Å². The molecule has 0 saturated heterocycles. The van der Waals surface area contributed by atoms with E-state index in [4.69, 9.17) is 10.5 Å². The number of hydrogen-bond donors (Lipinski definition) is 1. The van der Waals surface area contributed by atoms with Gasteiger partial charge in [-0.25, -0.2) is 4.39 Å². The van der Waals surface area contributed by atoms with Crippen LogP contribution in [0.1, 0.15) is 11.6 Å². The third-order valence-corrected chi connectivity index (χ3v) is 1.81. The van der Waals surface area contributed by atoms with E-state index in [1.54, 1.807) is 12.1 Å². The first kappa shape index (κ1) is 12.9. The van der Waals surface area contributed by atoms with Gasteiger partial charge in [0.1, 0.15) is 11.6 Å². The molecule has 1 rings (SSSR count). The number of rotatable bonds is 3. The van der Waals surface area contributed by atoms with Crippen molar-refractivity contribution in [3.63, 3.8) is 0 Å². The maximum Gasteiger partial charge on any atom is 0.126 e. The summed E-state index contributed by atoms with van der Waals surface area (Å²) in [6.07, 6.45) is 1.58. The Morgan fingerprint density at radius 2 is 2.21 bits per heavy atom. The van der Waals surface area contributed by atoms with Gasteiger partial charge in [0.2, 0.25) is 0 Å². The van der Waals surface area contributed by atoms with Crippen LogP contribution in [0, 0.1) is 5.82 Å². The molecule has 14 heavy (non-hydrogen) atoms. The summed E-state index contributed by atoms with van der Waals surface area (Å²) in [6.45, 7) is 3.56. The first-order valence-electron chi connectivity index (χ1n) is 3.90. The fourth-order valence-corrected chi connectivity index (χ4v) is 1.09. The van der Waals surface area contributed by atoms with Crippen molar-refractivity contribution in [2.75, 3.05) is 7.11 Å². The summed E-state index contributed by atoms with van der Waals surface area (Å²) in [5, 5.41) is 0. The minimum absolute atomic E-state index is 0. The molecule has 2 nitrogen and oxygen atoms in total. The van der Waals surface area contributed by atoms with Crippen LogP contribution in [0.4, 0.5) is 4.39 Å². The Kier molecular flexibility index (Phi) is 5.20. The van der Waals surface area contributed by atoms with E-state index in [1.165, 1.54) is 19.2 Å². The highest BCUT2D eigenvalue weighted by Gasteiger charge is 2.08. The Hall–Kier alpha value is -1.06. The van der Waals surface area contributed by atoms with Crippen molar-refractivity contribution in [3.05, 3.63) is 42.2 Å². The summed E-state index contributed by atoms with van der Waals surface area (Å²) < 4.78 is 17.7. The zero-order chi connectivity index (χ0) is 9.84. The van der Waals surface area contributed by atoms with Crippen molar-refractivity contribution < 1.29 is 9.13 Å². The minimum atomic E-state index is -0.336. The molecule has 78 valence electrons. The lowest BCUT2D eigenvalue weighted by atomic mass is 10.1. The Bertz CT molecular complexity index is 317. The molecule has 0 aliphatic heterocycles. The molecule has 0 aromatic heterocycles. The Balaban J connectivity index is 0.00000169. The summed E-state index contributed by atoms with van der Waals surface area (Å²) in [5.41, 5.74) is 6.44. The van der Waals surface area contributed by atoms with Gasteiger partial charge in [-0.2, -0.15) is 0 Å². The molecule has 1 atom stereocenters. The molecule has 1 aromatic carbocycles. The molecule has 0 radical (unpaired) electrons. The van der Waals surface area contributed by atoms with Gasteiger partial charge in [-0.1, -0.05) is 12.1 Å². The van der Waals surface area contributed by atoms with Crippen LogP contribution in [-0.2, 0) is 0 Å². The van der Waals surface area contributed by atoms with Crippen LogP contribution < -0.4 is 10.5 Å². The van der Waals surface area contributed by atoms with Crippen LogP contribution in [0.15, 0.2) is 30.9 Å². The lowest BCUT2D eigenvalue weighted by Crippen LogP contribution is -2.08. The number of hydrogen-bond acceptors (Lipinski definition) is 2. The average Bonchev–Trinajstić information content (AvgIpc) is 2.16. The SMILES string of the molecule is C=C[C@@H](N)c1ccc(F)cc1OC.Cl. The lowest BCUT2D eigenvalue weighted by Gasteiger charge is -2.11. The van der Waals surface area contributed by atoms with Gasteiger partial charge in [-0.3, -0.25) is 0 Å². The van der Waals surface area contributed by atoms with Crippen molar-refractivity contribution >= 4 is 12.4 Å². The maximum absolute atomic E-state index is 12.8. The largest absolute Gasteiger partial charge is 0.496 e. The van der Waals surface area contributed by atoms with E-state index in [0.717, 1.165) is 5.56 Å². The third kappa shape index (κ3) is 2.72. The highest BCUT2D eigenvalue weighted by molar-refractivity contribution is 5.85. The van der Waals surface area contributed by atoms with E-state index in [0.29, 0.717) is 5.75 Å². The van der Waals surface area contributed by atoms with E-state index in [2.05, 4.69) is 6.58 Å². The highest BCUT2D eigenvalue weighted by atomic mass is 35.5. The Morgan fingerprint density at radius 3 is 2.71 bits per heavy atom. The summed E-state index contributed by atoms with van der Waals surface area (Å²) >= 11 is 0. The van der Waals surface area contributed by atoms with E-state index >= 15 is 0 Å². The Labute approximate surface area is 89.0 Å². The zero-order valence-electron chi connectivity index (χ0n) is 7.87. The van der Waals surface area contributed by atoms with E-state index in [-0.39, 0.29) is 24.3 Å². The van der Waals surface area contributed by atoms with Gasteiger partial charge in [0.05, 0.1) is 13.2 Å². The minimum Gasteiger partial charge on any atom is -0.496 e. The van der Waals surface area contributed by atoms with Gasteiger partial charge in [-0.15, -0.1) is 19.0 Å². The molecule has 4 heteroatoms. The highest BCUT2D eigenvalue weighted by Crippen LogP contribution is 2.24. The molecule has 0 amide bonds. The summed E-state index contributed by atoms with van der Waals surface area (Å²) in [4.78, 5) is 0. The predicted octanol–water partition coefficient (Wildman–Crippen LogP) is 2.44. The molecular formula is C10H13ClFNO. The number of benzene rings is 1. The molecule has 0 unspecified atom stereocenters. The van der Waals surface area contributed by atoms with Crippen molar-refractivity contribution in [3.8, 4) is 5.75 Å². The average molecular weight is 218 g/mol. The van der Waals surface area contributed by atoms with Gasteiger partial charge >= 0.3 is 0 Å². The van der Waals surface area contributed by atoms with Crippen LogP contribution >= 0.6 is 12.4 Å². The van der Waals surface area contributed by atoms with Crippen LogP contribution in [0.5, 0.6) is 5.75 Å². The fourth-order valence-electron chi connectivity index (χ4n) is 1.09. The third-order valence-electron chi connectivity index (χ3n) is 1.81. The number of ether oxygens (including phenoxy) is 1. The quantitative estimate of drug-likeness (QED) is 0.790. The summed E-state index contributed by atoms with van der Waals surface area (Å²) in [7, 11) is 1.48. The fraction of sp³-hybridized carbons (Fsp3) is 0.200. The molecule has 2 N–H and O–H groups in total. The molecule has 1 aromatic rings. The van der Waals surface area contributed by atoms with Crippen molar-refractivity contribution in [2.45, 2.75) is 6.04 Å². The van der Waals surface area contributed by atoms with Gasteiger partial charge in [0.15, 0.2) is 0 Å². The monoisotopic (exact) mass is 217 g/mol. The van der Waals surface area contributed by atoms with Gasteiger partial charge in [-0.05, 0) is 6.07 Å². The zero-order valence-corrected chi connectivity index (χ0v) is 8.68. The first-order valence-corrected chi connectivity index (χ1v) is 3.90. The van der Waals surface area contributed by atoms with Crippen molar-refractivity contribution in [1.29, 1.82) is 0 Å². The maximum atomic E-state index is 12.8. The van der Waals surface area contributed by atoms with Crippen LogP contribution in [0.2, 0.25) is 0 Å². The van der Waals surface area contributed by atoms with Gasteiger partial charge < -0.3 is 10.5 Å². The molecule has 0 fully saturated rings. The number of nitrogens with two attached hydrogens (primary N) is 1. The number of halogens is 2.